The molecule has 7 heteroatoms. The highest BCUT2D eigenvalue weighted by atomic mass is 32.2. The predicted octanol–water partition coefficient (Wildman–Crippen LogP) is 3.41. The maximum Gasteiger partial charge on any atom is 0.296 e. The zero-order valence-electron chi connectivity index (χ0n) is 15.8. The number of aryl methyl sites for hydroxylation is 1. The standard InChI is InChI=1S/C20H23N3O3S/c1-14(2)19-18(21-27(25,26)17-12-10-15(3)11-13-17)20(24)23(22(19)4)16-8-6-5-7-9-16/h5-14,21H,1-4H3. The lowest BCUT2D eigenvalue weighted by Crippen LogP contribution is -2.23. The molecule has 2 aromatic carbocycles. The van der Waals surface area contributed by atoms with Gasteiger partial charge in [0, 0.05) is 7.05 Å². The van der Waals surface area contributed by atoms with E-state index < -0.39 is 15.6 Å². The topological polar surface area (TPSA) is 73.1 Å². The molecule has 0 atom stereocenters. The van der Waals surface area contributed by atoms with Crippen molar-refractivity contribution in [3.05, 3.63) is 76.2 Å². The molecule has 6 nitrogen and oxygen atoms in total. The minimum absolute atomic E-state index is 0.0524. The van der Waals surface area contributed by atoms with Crippen molar-refractivity contribution in [2.24, 2.45) is 7.05 Å². The molecule has 1 aromatic heterocycles. The molecule has 0 aliphatic heterocycles. The molecule has 0 unspecified atom stereocenters. The van der Waals surface area contributed by atoms with Gasteiger partial charge in [0.25, 0.3) is 15.6 Å². The van der Waals surface area contributed by atoms with Crippen LogP contribution in [0.5, 0.6) is 0 Å². The second kappa shape index (κ2) is 7.08. The number of anilines is 1. The van der Waals surface area contributed by atoms with Gasteiger partial charge in [-0.2, -0.15) is 0 Å². The van der Waals surface area contributed by atoms with Crippen molar-refractivity contribution in [1.82, 2.24) is 9.36 Å². The molecule has 3 rings (SSSR count). The molecule has 0 aliphatic carbocycles. The molecule has 27 heavy (non-hydrogen) atoms. The first-order chi connectivity index (χ1) is 12.7. The van der Waals surface area contributed by atoms with E-state index in [2.05, 4.69) is 4.72 Å². The van der Waals surface area contributed by atoms with Crippen LogP contribution in [0.25, 0.3) is 5.69 Å². The second-order valence-electron chi connectivity index (χ2n) is 6.81. The van der Waals surface area contributed by atoms with Crippen molar-refractivity contribution in [3.8, 4) is 5.69 Å². The molecule has 0 amide bonds. The maximum absolute atomic E-state index is 13.1. The molecule has 0 saturated heterocycles. The molecule has 142 valence electrons. The minimum Gasteiger partial charge on any atom is -0.283 e. The highest BCUT2D eigenvalue weighted by Gasteiger charge is 2.25. The fraction of sp³-hybridized carbons (Fsp3) is 0.250. The van der Waals surface area contributed by atoms with E-state index in [1.165, 1.54) is 16.8 Å². The van der Waals surface area contributed by atoms with Crippen LogP contribution in [0.2, 0.25) is 0 Å². The Kier molecular flexibility index (Phi) is 4.97. The van der Waals surface area contributed by atoms with E-state index in [1.54, 1.807) is 23.9 Å². The van der Waals surface area contributed by atoms with Gasteiger partial charge in [0.1, 0.15) is 5.69 Å². The molecule has 0 saturated carbocycles. The van der Waals surface area contributed by atoms with E-state index in [0.29, 0.717) is 11.4 Å². The number of hydrogen-bond donors (Lipinski definition) is 1. The van der Waals surface area contributed by atoms with Crippen LogP contribution in [0.1, 0.15) is 31.0 Å². The zero-order chi connectivity index (χ0) is 19.8. The van der Waals surface area contributed by atoms with Crippen LogP contribution < -0.4 is 10.3 Å². The highest BCUT2D eigenvalue weighted by Crippen LogP contribution is 2.25. The summed E-state index contributed by atoms with van der Waals surface area (Å²) in [4.78, 5) is 13.2. The molecule has 1 N–H and O–H groups in total. The Morgan fingerprint density at radius 3 is 2.11 bits per heavy atom. The average molecular weight is 385 g/mol. The Morgan fingerprint density at radius 2 is 1.56 bits per heavy atom. The Hall–Kier alpha value is -2.80. The molecule has 0 radical (unpaired) electrons. The van der Waals surface area contributed by atoms with E-state index in [-0.39, 0.29) is 16.5 Å². The molecular formula is C20H23N3O3S. The molecular weight excluding hydrogens is 362 g/mol. The normalized spacial score (nSPS) is 11.7. The molecule has 0 fully saturated rings. The van der Waals surface area contributed by atoms with Crippen LogP contribution in [0.3, 0.4) is 0 Å². The SMILES string of the molecule is Cc1ccc(S(=O)(=O)Nc2c(C(C)C)n(C)n(-c3ccccc3)c2=O)cc1. The van der Waals surface area contributed by atoms with E-state index in [9.17, 15) is 13.2 Å². The third-order valence-electron chi connectivity index (χ3n) is 4.43. The lowest BCUT2D eigenvalue weighted by molar-refractivity contribution is 0.594. The molecule has 0 bridgehead atoms. The maximum atomic E-state index is 13.1. The van der Waals surface area contributed by atoms with Crippen molar-refractivity contribution in [3.63, 3.8) is 0 Å². The monoisotopic (exact) mass is 385 g/mol. The minimum atomic E-state index is -3.87. The van der Waals surface area contributed by atoms with E-state index >= 15 is 0 Å². The first-order valence-electron chi connectivity index (χ1n) is 8.69. The van der Waals surface area contributed by atoms with Crippen LogP contribution in [0.4, 0.5) is 5.69 Å². The van der Waals surface area contributed by atoms with Crippen molar-refractivity contribution >= 4 is 15.7 Å². The Bertz CT molecular complexity index is 1110. The summed E-state index contributed by atoms with van der Waals surface area (Å²) < 4.78 is 31.4. The lowest BCUT2D eigenvalue weighted by atomic mass is 10.1. The van der Waals surface area contributed by atoms with Crippen molar-refractivity contribution < 1.29 is 8.42 Å². The second-order valence-corrected chi connectivity index (χ2v) is 8.49. The zero-order valence-corrected chi connectivity index (χ0v) is 16.6. The third-order valence-corrected chi connectivity index (χ3v) is 5.79. The summed E-state index contributed by atoms with van der Waals surface area (Å²) in [5.41, 5.74) is 1.94. The fourth-order valence-corrected chi connectivity index (χ4v) is 4.22. The van der Waals surface area contributed by atoms with Gasteiger partial charge in [0.2, 0.25) is 0 Å². The van der Waals surface area contributed by atoms with Crippen molar-refractivity contribution in [2.75, 3.05) is 4.72 Å². The number of nitrogens with zero attached hydrogens (tertiary/aromatic N) is 2. The van der Waals surface area contributed by atoms with Gasteiger partial charge in [0.15, 0.2) is 0 Å². The smallest absolute Gasteiger partial charge is 0.283 e. The van der Waals surface area contributed by atoms with Gasteiger partial charge in [-0.15, -0.1) is 0 Å². The van der Waals surface area contributed by atoms with Gasteiger partial charge in [-0.25, -0.2) is 13.1 Å². The summed E-state index contributed by atoms with van der Waals surface area (Å²) in [5, 5.41) is 0. The number of aromatic nitrogens is 2. The van der Waals surface area contributed by atoms with E-state index in [1.807, 2.05) is 51.1 Å². The van der Waals surface area contributed by atoms with Gasteiger partial charge in [-0.1, -0.05) is 49.7 Å². The van der Waals surface area contributed by atoms with Gasteiger partial charge >= 0.3 is 0 Å². The van der Waals surface area contributed by atoms with Crippen LogP contribution >= 0.6 is 0 Å². The van der Waals surface area contributed by atoms with E-state index in [4.69, 9.17) is 0 Å². The molecule has 3 aromatic rings. The van der Waals surface area contributed by atoms with Crippen LogP contribution in [0, 0.1) is 6.92 Å². The van der Waals surface area contributed by atoms with Gasteiger partial charge in [0.05, 0.1) is 16.3 Å². The van der Waals surface area contributed by atoms with Crippen LogP contribution in [0.15, 0.2) is 64.3 Å². The van der Waals surface area contributed by atoms with Gasteiger partial charge in [-0.3, -0.25) is 14.2 Å². The number of sulfonamides is 1. The quantitative estimate of drug-likeness (QED) is 0.731. The fourth-order valence-electron chi connectivity index (χ4n) is 3.15. The number of para-hydroxylation sites is 1. The lowest BCUT2D eigenvalue weighted by Gasteiger charge is -2.13. The van der Waals surface area contributed by atoms with Crippen molar-refractivity contribution in [2.45, 2.75) is 31.6 Å². The number of nitrogens with one attached hydrogen (secondary N) is 1. The summed E-state index contributed by atoms with van der Waals surface area (Å²) in [6.45, 7) is 5.73. The Morgan fingerprint density at radius 1 is 0.963 bits per heavy atom. The Labute approximate surface area is 159 Å². The van der Waals surface area contributed by atoms with Gasteiger partial charge < -0.3 is 0 Å². The van der Waals surface area contributed by atoms with Crippen LogP contribution in [-0.4, -0.2) is 17.8 Å². The molecule has 1 heterocycles. The predicted molar refractivity (Wildman–Crippen MR) is 107 cm³/mol. The number of hydrogen-bond acceptors (Lipinski definition) is 3. The first kappa shape index (κ1) is 19.0. The number of benzene rings is 2. The highest BCUT2D eigenvalue weighted by molar-refractivity contribution is 7.92. The summed E-state index contributed by atoms with van der Waals surface area (Å²) in [6, 6.07) is 15.7. The van der Waals surface area contributed by atoms with Crippen molar-refractivity contribution in [1.29, 1.82) is 0 Å². The largest absolute Gasteiger partial charge is 0.296 e. The number of rotatable bonds is 5. The third kappa shape index (κ3) is 3.55. The first-order valence-corrected chi connectivity index (χ1v) is 10.2. The summed E-state index contributed by atoms with van der Waals surface area (Å²) in [7, 11) is -2.11. The summed E-state index contributed by atoms with van der Waals surface area (Å²) in [5.74, 6) is -0.0524. The average Bonchev–Trinajstić information content (AvgIpc) is 2.86. The Balaban J connectivity index is 2.16. The molecule has 0 spiro atoms. The van der Waals surface area contributed by atoms with Crippen LogP contribution in [-0.2, 0) is 17.1 Å². The van der Waals surface area contributed by atoms with Gasteiger partial charge in [-0.05, 0) is 37.1 Å². The molecule has 0 aliphatic rings. The van der Waals surface area contributed by atoms with E-state index in [0.717, 1.165) is 5.56 Å². The summed E-state index contributed by atoms with van der Waals surface area (Å²) >= 11 is 0. The summed E-state index contributed by atoms with van der Waals surface area (Å²) in [6.07, 6.45) is 0.